The number of amides is 1. The van der Waals surface area contributed by atoms with Crippen LogP contribution in [0, 0.1) is 11.8 Å². The predicted molar refractivity (Wildman–Crippen MR) is 97.0 cm³/mol. The van der Waals surface area contributed by atoms with Gasteiger partial charge in [0.25, 0.3) is 0 Å². The number of nitrogens with one attached hydrogen (secondary N) is 1. The average molecular weight is 356 g/mol. The summed E-state index contributed by atoms with van der Waals surface area (Å²) in [4.78, 5) is 35.8. The van der Waals surface area contributed by atoms with Gasteiger partial charge in [-0.1, -0.05) is 49.4 Å². The number of aliphatic carboxylic acids is 1. The fraction of sp³-hybridized carbons (Fsp3) is 0.476. The van der Waals surface area contributed by atoms with Gasteiger partial charge in [0.2, 0.25) is 5.91 Å². The first kappa shape index (κ1) is 19.9. The van der Waals surface area contributed by atoms with Gasteiger partial charge in [-0.05, 0) is 37.2 Å². The maximum atomic E-state index is 12.4. The van der Waals surface area contributed by atoms with E-state index in [4.69, 9.17) is 0 Å². The molecule has 0 bridgehead atoms. The van der Waals surface area contributed by atoms with E-state index in [0.717, 1.165) is 12.0 Å². The molecule has 3 atom stereocenters. The molecule has 1 amide bonds. The van der Waals surface area contributed by atoms with Gasteiger partial charge >= 0.3 is 0 Å². The van der Waals surface area contributed by atoms with Crippen LogP contribution in [0.1, 0.15) is 44.6 Å². The maximum Gasteiger partial charge on any atom is 0.220 e. The molecular formula is C21H26NO4-. The van der Waals surface area contributed by atoms with Crippen LogP contribution in [0.2, 0.25) is 0 Å². The molecule has 1 saturated carbocycles. The van der Waals surface area contributed by atoms with Gasteiger partial charge in [0.1, 0.15) is 5.78 Å². The van der Waals surface area contributed by atoms with Crippen LogP contribution in [-0.4, -0.2) is 23.7 Å². The Morgan fingerprint density at radius 2 is 2.00 bits per heavy atom. The Kier molecular flexibility index (Phi) is 7.57. The molecule has 140 valence electrons. The highest BCUT2D eigenvalue weighted by molar-refractivity contribution is 5.86. The molecule has 5 heteroatoms. The van der Waals surface area contributed by atoms with Gasteiger partial charge in [-0.2, -0.15) is 0 Å². The Bertz CT molecular complexity index is 653. The number of allylic oxidation sites excluding steroid dienone is 2. The molecule has 1 fully saturated rings. The SMILES string of the molecule is CC/C=C\C[C@H]1C(=O)CC[C@@H]1CC(=O)N[C@@H](Cc1ccccc1)C(=O)[O-]. The molecule has 2 rings (SSSR count). The summed E-state index contributed by atoms with van der Waals surface area (Å²) in [5.74, 6) is -1.60. The third-order valence-electron chi connectivity index (χ3n) is 4.89. The van der Waals surface area contributed by atoms with Crippen LogP contribution in [0.5, 0.6) is 0 Å². The van der Waals surface area contributed by atoms with E-state index in [0.29, 0.717) is 19.3 Å². The van der Waals surface area contributed by atoms with Gasteiger partial charge < -0.3 is 15.2 Å². The molecule has 5 nitrogen and oxygen atoms in total. The fourth-order valence-electron chi connectivity index (χ4n) is 3.49. The first-order valence-electron chi connectivity index (χ1n) is 9.23. The quantitative estimate of drug-likeness (QED) is 0.684. The number of ketones is 1. The molecular weight excluding hydrogens is 330 g/mol. The van der Waals surface area contributed by atoms with Crippen LogP contribution in [0.3, 0.4) is 0 Å². The van der Waals surface area contributed by atoms with E-state index in [1.54, 1.807) is 0 Å². The normalized spacial score (nSPS) is 21.0. The lowest BCUT2D eigenvalue weighted by atomic mass is 9.89. The van der Waals surface area contributed by atoms with Crippen LogP contribution in [0.25, 0.3) is 0 Å². The molecule has 0 radical (unpaired) electrons. The number of benzene rings is 1. The lowest BCUT2D eigenvalue weighted by Crippen LogP contribution is -2.49. The summed E-state index contributed by atoms with van der Waals surface area (Å²) in [5, 5.41) is 13.9. The smallest absolute Gasteiger partial charge is 0.220 e. The predicted octanol–water partition coefficient (Wildman–Crippen LogP) is 1.81. The molecule has 0 saturated heterocycles. The van der Waals surface area contributed by atoms with Crippen LogP contribution in [0.4, 0.5) is 0 Å². The number of carbonyl (C=O) groups is 3. The monoisotopic (exact) mass is 356 g/mol. The van der Waals surface area contributed by atoms with Crippen molar-refractivity contribution >= 4 is 17.7 Å². The van der Waals surface area contributed by atoms with Gasteiger partial charge in [0.15, 0.2) is 0 Å². The van der Waals surface area contributed by atoms with E-state index in [-0.39, 0.29) is 36.4 Å². The molecule has 1 aromatic rings. The molecule has 0 aliphatic heterocycles. The van der Waals surface area contributed by atoms with E-state index in [2.05, 4.69) is 5.32 Å². The van der Waals surface area contributed by atoms with Crippen LogP contribution < -0.4 is 10.4 Å². The standard InChI is InChI=1S/C21H27NO4/c1-2-3-5-10-17-16(11-12-19(17)23)14-20(24)22-18(21(25)26)13-15-8-6-4-7-9-15/h3-9,16-18H,2,10-14H2,1H3,(H,22,24)(H,25,26)/p-1/b5-3-/t16-,17-,18+/m1/s1. The average Bonchev–Trinajstić information content (AvgIpc) is 2.95. The van der Waals surface area contributed by atoms with Crippen LogP contribution in [0.15, 0.2) is 42.5 Å². The number of rotatable bonds is 9. The summed E-state index contributed by atoms with van der Waals surface area (Å²) in [6.07, 6.45) is 7.13. The van der Waals surface area contributed by atoms with Gasteiger partial charge in [-0.25, -0.2) is 0 Å². The van der Waals surface area contributed by atoms with Crippen molar-refractivity contribution in [2.24, 2.45) is 11.8 Å². The van der Waals surface area contributed by atoms with Gasteiger partial charge in [-0.3, -0.25) is 9.59 Å². The summed E-state index contributed by atoms with van der Waals surface area (Å²) in [5.41, 5.74) is 0.820. The Morgan fingerprint density at radius 3 is 2.65 bits per heavy atom. The molecule has 0 spiro atoms. The summed E-state index contributed by atoms with van der Waals surface area (Å²) < 4.78 is 0. The largest absolute Gasteiger partial charge is 0.548 e. The Labute approximate surface area is 154 Å². The molecule has 26 heavy (non-hydrogen) atoms. The van der Waals surface area contributed by atoms with E-state index in [1.807, 2.05) is 49.4 Å². The number of hydrogen-bond donors (Lipinski definition) is 1. The van der Waals surface area contributed by atoms with Crippen LogP contribution in [-0.2, 0) is 20.8 Å². The zero-order chi connectivity index (χ0) is 18.9. The lowest BCUT2D eigenvalue weighted by molar-refractivity contribution is -0.308. The Hall–Kier alpha value is -2.43. The third-order valence-corrected chi connectivity index (χ3v) is 4.89. The van der Waals surface area contributed by atoms with Gasteiger partial charge in [0.05, 0.1) is 12.0 Å². The first-order chi connectivity index (χ1) is 12.5. The summed E-state index contributed by atoms with van der Waals surface area (Å²) in [7, 11) is 0. The molecule has 1 aliphatic rings. The molecule has 1 N–H and O–H groups in total. The van der Waals surface area contributed by atoms with Crippen molar-refractivity contribution < 1.29 is 19.5 Å². The zero-order valence-electron chi connectivity index (χ0n) is 15.1. The number of carboxylic acid groups (broad SMARTS) is 1. The highest BCUT2D eigenvalue weighted by Gasteiger charge is 2.35. The van der Waals surface area contributed by atoms with Crippen molar-refractivity contribution in [1.29, 1.82) is 0 Å². The molecule has 0 aromatic heterocycles. The maximum absolute atomic E-state index is 12.4. The second-order valence-corrected chi connectivity index (χ2v) is 6.82. The number of carboxylic acids is 1. The highest BCUT2D eigenvalue weighted by Crippen LogP contribution is 2.34. The molecule has 0 heterocycles. The second kappa shape index (κ2) is 9.90. The molecule has 0 unspecified atom stereocenters. The lowest BCUT2D eigenvalue weighted by Gasteiger charge is -2.22. The van der Waals surface area contributed by atoms with E-state index < -0.39 is 12.0 Å². The van der Waals surface area contributed by atoms with Crippen LogP contribution >= 0.6 is 0 Å². The van der Waals surface area contributed by atoms with E-state index in [1.165, 1.54) is 0 Å². The summed E-state index contributed by atoms with van der Waals surface area (Å²) in [6.45, 7) is 2.03. The van der Waals surface area contributed by atoms with Crippen molar-refractivity contribution in [3.05, 3.63) is 48.0 Å². The van der Waals surface area contributed by atoms with Crippen molar-refractivity contribution in [3.8, 4) is 0 Å². The minimum atomic E-state index is -1.30. The first-order valence-corrected chi connectivity index (χ1v) is 9.23. The summed E-state index contributed by atoms with van der Waals surface area (Å²) in [6, 6.07) is 8.05. The molecule has 1 aromatic carbocycles. The Balaban J connectivity index is 1.93. The minimum absolute atomic E-state index is 0.0249. The summed E-state index contributed by atoms with van der Waals surface area (Å²) >= 11 is 0. The van der Waals surface area contributed by atoms with Crippen molar-refractivity contribution in [1.82, 2.24) is 5.32 Å². The fourth-order valence-corrected chi connectivity index (χ4v) is 3.49. The number of Topliss-reactive ketones (excluding diaryl/α,β-unsaturated/α-hetero) is 1. The Morgan fingerprint density at radius 1 is 1.27 bits per heavy atom. The van der Waals surface area contributed by atoms with Gasteiger partial charge in [0, 0.05) is 18.8 Å². The third kappa shape index (κ3) is 5.83. The minimum Gasteiger partial charge on any atom is -0.548 e. The number of hydrogen-bond acceptors (Lipinski definition) is 4. The second-order valence-electron chi connectivity index (χ2n) is 6.82. The molecule has 1 aliphatic carbocycles. The number of carbonyl (C=O) groups excluding carboxylic acids is 3. The van der Waals surface area contributed by atoms with E-state index in [9.17, 15) is 19.5 Å². The van der Waals surface area contributed by atoms with Crippen molar-refractivity contribution in [2.75, 3.05) is 0 Å². The highest BCUT2D eigenvalue weighted by atomic mass is 16.4. The van der Waals surface area contributed by atoms with E-state index >= 15 is 0 Å². The van der Waals surface area contributed by atoms with Crippen molar-refractivity contribution in [2.45, 2.75) is 51.5 Å². The topological polar surface area (TPSA) is 86.3 Å². The zero-order valence-corrected chi connectivity index (χ0v) is 15.1. The van der Waals surface area contributed by atoms with Gasteiger partial charge in [-0.15, -0.1) is 0 Å². The van der Waals surface area contributed by atoms with Crippen molar-refractivity contribution in [3.63, 3.8) is 0 Å².